The number of nitrogens with one attached hydrogen (secondary N) is 2. The predicted octanol–water partition coefficient (Wildman–Crippen LogP) is 3.91. The molecule has 2 aromatic rings. The van der Waals surface area contributed by atoms with E-state index in [1.165, 1.54) is 12.1 Å². The molecule has 6 heteroatoms. The number of likely N-dealkylation sites (tertiary alicyclic amines) is 1. The summed E-state index contributed by atoms with van der Waals surface area (Å²) in [5.74, 6) is -0.354. The lowest BCUT2D eigenvalue weighted by atomic mass is 9.89. The molecule has 0 aliphatic carbocycles. The topological polar surface area (TPSA) is 61.4 Å². The molecular weight excluding hydrogens is 345 g/mol. The fourth-order valence-corrected chi connectivity index (χ4v) is 3.49. The van der Waals surface area contributed by atoms with Crippen molar-refractivity contribution in [3.63, 3.8) is 0 Å². The zero-order valence-electron chi connectivity index (χ0n) is 15.6. The third-order valence-corrected chi connectivity index (χ3v) is 4.98. The van der Waals surface area contributed by atoms with Crippen LogP contribution in [-0.4, -0.2) is 37.0 Å². The third-order valence-electron chi connectivity index (χ3n) is 4.98. The fourth-order valence-electron chi connectivity index (χ4n) is 3.49. The molecule has 3 rings (SSSR count). The molecule has 5 nitrogen and oxygen atoms in total. The Hall–Kier alpha value is -2.89. The summed E-state index contributed by atoms with van der Waals surface area (Å²) in [6.07, 6.45) is 1.92. The van der Waals surface area contributed by atoms with Crippen LogP contribution in [0.3, 0.4) is 0 Å². The molecule has 1 aliphatic rings. The van der Waals surface area contributed by atoms with Gasteiger partial charge in [0.25, 0.3) is 5.91 Å². The Labute approximate surface area is 158 Å². The summed E-state index contributed by atoms with van der Waals surface area (Å²) in [7, 11) is 1.63. The van der Waals surface area contributed by atoms with Gasteiger partial charge in [-0.05, 0) is 61.2 Å². The second-order valence-electron chi connectivity index (χ2n) is 6.88. The number of hydrogen-bond acceptors (Lipinski definition) is 2. The molecule has 1 fully saturated rings. The fraction of sp³-hybridized carbons (Fsp3) is 0.333. The smallest absolute Gasteiger partial charge is 0.317 e. The Bertz CT molecular complexity index is 853. The van der Waals surface area contributed by atoms with E-state index in [4.69, 9.17) is 0 Å². The Morgan fingerprint density at radius 2 is 2.00 bits per heavy atom. The number of piperidine rings is 1. The first-order valence-electron chi connectivity index (χ1n) is 9.12. The lowest BCUT2D eigenvalue weighted by molar-refractivity contribution is 0.102. The van der Waals surface area contributed by atoms with Crippen LogP contribution in [-0.2, 0) is 0 Å². The van der Waals surface area contributed by atoms with Gasteiger partial charge in [0.15, 0.2) is 0 Å². The number of halogens is 1. The summed E-state index contributed by atoms with van der Waals surface area (Å²) >= 11 is 0. The molecule has 3 amide bonds. The van der Waals surface area contributed by atoms with Crippen LogP contribution >= 0.6 is 0 Å². The van der Waals surface area contributed by atoms with Gasteiger partial charge in [0.1, 0.15) is 5.82 Å². The maximum absolute atomic E-state index is 13.2. The summed E-state index contributed by atoms with van der Waals surface area (Å²) in [5, 5.41) is 5.51. The molecule has 0 radical (unpaired) electrons. The van der Waals surface area contributed by atoms with Crippen LogP contribution < -0.4 is 10.6 Å². The number of benzene rings is 2. The summed E-state index contributed by atoms with van der Waals surface area (Å²) in [4.78, 5) is 26.3. The van der Waals surface area contributed by atoms with Crippen LogP contribution in [0.4, 0.5) is 14.9 Å². The van der Waals surface area contributed by atoms with Crippen molar-refractivity contribution in [2.45, 2.75) is 25.7 Å². The molecule has 142 valence electrons. The highest BCUT2D eigenvalue weighted by Gasteiger charge is 2.24. The summed E-state index contributed by atoms with van der Waals surface area (Å²) in [6, 6.07) is 11.7. The van der Waals surface area contributed by atoms with Gasteiger partial charge < -0.3 is 15.5 Å². The number of aryl methyl sites for hydroxylation is 1. The average Bonchev–Trinajstić information content (AvgIpc) is 2.69. The molecule has 0 bridgehead atoms. The highest BCUT2D eigenvalue weighted by molar-refractivity contribution is 6.04. The van der Waals surface area contributed by atoms with Crippen LogP contribution in [0, 0.1) is 12.7 Å². The Morgan fingerprint density at radius 1 is 1.19 bits per heavy atom. The largest absolute Gasteiger partial charge is 0.341 e. The highest BCUT2D eigenvalue weighted by atomic mass is 19.1. The molecule has 2 aromatic carbocycles. The Morgan fingerprint density at radius 3 is 2.74 bits per heavy atom. The average molecular weight is 369 g/mol. The van der Waals surface area contributed by atoms with Crippen LogP contribution in [0.1, 0.15) is 40.2 Å². The zero-order valence-corrected chi connectivity index (χ0v) is 15.6. The molecule has 2 N–H and O–H groups in total. The van der Waals surface area contributed by atoms with Crippen molar-refractivity contribution in [1.82, 2.24) is 10.2 Å². The zero-order chi connectivity index (χ0) is 19.4. The van der Waals surface area contributed by atoms with Crippen molar-refractivity contribution in [3.8, 4) is 0 Å². The van der Waals surface area contributed by atoms with Crippen LogP contribution in [0.15, 0.2) is 42.5 Å². The van der Waals surface area contributed by atoms with Gasteiger partial charge in [0.2, 0.25) is 0 Å². The first-order chi connectivity index (χ1) is 13.0. The molecule has 0 unspecified atom stereocenters. The third kappa shape index (κ3) is 4.45. The standard InChI is InChI=1S/C21H24FN3O2/c1-14-11-18(22)8-9-19(14)24-20(26)16-6-3-5-15(12-16)17-7-4-10-25(13-17)21(27)23-2/h3,5-6,8-9,11-12,17H,4,7,10,13H2,1-2H3,(H,23,27)(H,24,26)/t17-/m1/s1. The van der Waals surface area contributed by atoms with Crippen LogP contribution in [0.25, 0.3) is 0 Å². The minimum Gasteiger partial charge on any atom is -0.341 e. The van der Waals surface area contributed by atoms with E-state index in [2.05, 4.69) is 10.6 Å². The van der Waals surface area contributed by atoms with Gasteiger partial charge in [0, 0.05) is 37.3 Å². The number of amides is 3. The minimum atomic E-state index is -0.328. The summed E-state index contributed by atoms with van der Waals surface area (Å²) in [5.41, 5.74) is 2.86. The van der Waals surface area contributed by atoms with Crippen LogP contribution in [0.2, 0.25) is 0 Å². The number of hydrogen-bond donors (Lipinski definition) is 2. The predicted molar refractivity (Wildman–Crippen MR) is 104 cm³/mol. The first-order valence-corrected chi connectivity index (χ1v) is 9.12. The highest BCUT2D eigenvalue weighted by Crippen LogP contribution is 2.28. The molecular formula is C21H24FN3O2. The van der Waals surface area contributed by atoms with Gasteiger partial charge in [-0.25, -0.2) is 9.18 Å². The van der Waals surface area contributed by atoms with Crippen LogP contribution in [0.5, 0.6) is 0 Å². The van der Waals surface area contributed by atoms with Gasteiger partial charge in [-0.15, -0.1) is 0 Å². The Kier molecular flexibility index (Phi) is 5.74. The van der Waals surface area contributed by atoms with Crippen molar-refractivity contribution in [2.24, 2.45) is 0 Å². The monoisotopic (exact) mass is 369 g/mol. The number of carbonyl (C=O) groups is 2. The van der Waals surface area contributed by atoms with Gasteiger partial charge in [-0.3, -0.25) is 4.79 Å². The van der Waals surface area contributed by atoms with E-state index in [-0.39, 0.29) is 23.7 Å². The maximum atomic E-state index is 13.2. The van der Waals surface area contributed by atoms with Crippen molar-refractivity contribution in [2.75, 3.05) is 25.5 Å². The molecule has 0 aromatic heterocycles. The molecule has 1 saturated heterocycles. The van der Waals surface area contributed by atoms with Crippen molar-refractivity contribution >= 4 is 17.6 Å². The second-order valence-corrected chi connectivity index (χ2v) is 6.88. The molecule has 0 spiro atoms. The number of rotatable bonds is 3. The van der Waals surface area contributed by atoms with Gasteiger partial charge in [0.05, 0.1) is 0 Å². The van der Waals surface area contributed by atoms with Gasteiger partial charge in [-0.1, -0.05) is 12.1 Å². The maximum Gasteiger partial charge on any atom is 0.317 e. The molecule has 27 heavy (non-hydrogen) atoms. The van der Waals surface area contributed by atoms with Gasteiger partial charge >= 0.3 is 6.03 Å². The van der Waals surface area contributed by atoms with E-state index in [9.17, 15) is 14.0 Å². The molecule has 1 atom stereocenters. The lowest BCUT2D eigenvalue weighted by Gasteiger charge is -2.32. The Balaban J connectivity index is 1.74. The molecule has 1 heterocycles. The minimum absolute atomic E-state index is 0.0691. The van der Waals surface area contributed by atoms with E-state index in [0.717, 1.165) is 24.9 Å². The number of carbonyl (C=O) groups excluding carboxylic acids is 2. The number of nitrogens with zero attached hydrogens (tertiary/aromatic N) is 1. The quantitative estimate of drug-likeness (QED) is 0.862. The van der Waals surface area contributed by atoms with E-state index in [0.29, 0.717) is 23.4 Å². The van der Waals surface area contributed by atoms with E-state index in [1.807, 2.05) is 23.1 Å². The van der Waals surface area contributed by atoms with Gasteiger partial charge in [-0.2, -0.15) is 0 Å². The summed E-state index contributed by atoms with van der Waals surface area (Å²) < 4.78 is 13.2. The van der Waals surface area contributed by atoms with Crippen molar-refractivity contribution < 1.29 is 14.0 Å². The van der Waals surface area contributed by atoms with Crippen molar-refractivity contribution in [3.05, 3.63) is 65.0 Å². The molecule has 1 aliphatic heterocycles. The lowest BCUT2D eigenvalue weighted by Crippen LogP contribution is -2.43. The second kappa shape index (κ2) is 8.20. The SMILES string of the molecule is CNC(=O)N1CCC[C@@H](c2cccc(C(=O)Nc3ccc(F)cc3C)c2)C1. The van der Waals surface area contributed by atoms with E-state index in [1.54, 1.807) is 26.1 Å². The normalized spacial score (nSPS) is 16.7. The summed E-state index contributed by atoms with van der Waals surface area (Å²) in [6.45, 7) is 3.15. The molecule has 0 saturated carbocycles. The van der Waals surface area contributed by atoms with Crippen molar-refractivity contribution in [1.29, 1.82) is 0 Å². The first kappa shape index (κ1) is 18.9. The van der Waals surface area contributed by atoms with E-state index < -0.39 is 0 Å². The number of urea groups is 1. The van der Waals surface area contributed by atoms with E-state index >= 15 is 0 Å². The number of anilines is 1.